The number of likely N-dealkylation sites (tertiary alicyclic amines) is 1. The molecule has 0 saturated carbocycles. The first-order valence-electron chi connectivity index (χ1n) is 8.73. The molecule has 1 fully saturated rings. The lowest BCUT2D eigenvalue weighted by molar-refractivity contribution is 0.153. The second-order valence-corrected chi connectivity index (χ2v) is 6.37. The van der Waals surface area contributed by atoms with Crippen molar-refractivity contribution in [3.8, 4) is 0 Å². The summed E-state index contributed by atoms with van der Waals surface area (Å²) in [6, 6.07) is 9.00. The summed E-state index contributed by atoms with van der Waals surface area (Å²) in [5.41, 5.74) is 0.340. The van der Waals surface area contributed by atoms with Gasteiger partial charge in [0.1, 0.15) is 29.2 Å². The summed E-state index contributed by atoms with van der Waals surface area (Å²) in [4.78, 5) is 10.8. The second kappa shape index (κ2) is 7.19. The van der Waals surface area contributed by atoms with Crippen molar-refractivity contribution in [1.82, 2.24) is 14.9 Å². The number of hydrogen-bond donors (Lipinski definition) is 1. The van der Waals surface area contributed by atoms with Gasteiger partial charge in [0.05, 0.1) is 12.3 Å². The molecule has 1 unspecified atom stereocenters. The molecule has 0 amide bonds. The minimum Gasteiger partial charge on any atom is -0.468 e. The Kier molecular flexibility index (Phi) is 4.61. The van der Waals surface area contributed by atoms with Crippen LogP contribution in [0.15, 0.2) is 47.3 Å². The molecule has 25 heavy (non-hydrogen) atoms. The van der Waals surface area contributed by atoms with E-state index in [1.807, 2.05) is 18.2 Å². The van der Waals surface area contributed by atoms with Crippen molar-refractivity contribution in [1.29, 1.82) is 0 Å². The van der Waals surface area contributed by atoms with E-state index in [-0.39, 0.29) is 11.9 Å². The first-order valence-corrected chi connectivity index (χ1v) is 8.73. The number of benzene rings is 1. The van der Waals surface area contributed by atoms with Crippen LogP contribution in [0.3, 0.4) is 0 Å². The fraction of sp³-hybridized carbons (Fsp3) is 0.368. The molecule has 1 aliphatic rings. The van der Waals surface area contributed by atoms with Crippen molar-refractivity contribution < 1.29 is 8.81 Å². The number of halogens is 1. The minimum atomic E-state index is -0.332. The number of fused-ring (bicyclic) bond motifs is 1. The van der Waals surface area contributed by atoms with E-state index in [1.54, 1.807) is 12.3 Å². The largest absolute Gasteiger partial charge is 0.468 e. The van der Waals surface area contributed by atoms with Crippen LogP contribution in [0.25, 0.3) is 10.9 Å². The lowest BCUT2D eigenvalue weighted by Crippen LogP contribution is -2.37. The van der Waals surface area contributed by atoms with Crippen LogP contribution >= 0.6 is 0 Å². The Labute approximate surface area is 145 Å². The van der Waals surface area contributed by atoms with E-state index >= 15 is 0 Å². The number of anilines is 1. The predicted molar refractivity (Wildman–Crippen MR) is 94.9 cm³/mol. The summed E-state index contributed by atoms with van der Waals surface area (Å²) in [7, 11) is 0. The molecule has 3 heterocycles. The Bertz CT molecular complexity index is 831. The Morgan fingerprint density at radius 3 is 2.80 bits per heavy atom. The highest BCUT2D eigenvalue weighted by Crippen LogP contribution is 2.27. The third kappa shape index (κ3) is 3.35. The van der Waals surface area contributed by atoms with E-state index in [4.69, 9.17) is 4.42 Å². The molecular weight excluding hydrogens is 319 g/mol. The molecule has 0 bridgehead atoms. The number of aromatic nitrogens is 2. The van der Waals surface area contributed by atoms with Gasteiger partial charge in [-0.25, -0.2) is 14.4 Å². The summed E-state index contributed by atoms with van der Waals surface area (Å²) in [5, 5.41) is 4.07. The Balaban J connectivity index is 1.58. The third-order valence-electron chi connectivity index (χ3n) is 4.78. The molecule has 0 radical (unpaired) electrons. The number of nitrogens with zero attached hydrogens (tertiary/aromatic N) is 3. The van der Waals surface area contributed by atoms with Crippen molar-refractivity contribution in [2.45, 2.75) is 25.3 Å². The zero-order valence-electron chi connectivity index (χ0n) is 14.0. The number of para-hydroxylation sites is 1. The highest BCUT2D eigenvalue weighted by Gasteiger charge is 2.24. The average Bonchev–Trinajstić information content (AvgIpc) is 3.18. The van der Waals surface area contributed by atoms with Crippen molar-refractivity contribution in [2.75, 3.05) is 25.0 Å². The Morgan fingerprint density at radius 1 is 1.12 bits per heavy atom. The molecule has 2 aromatic heterocycles. The van der Waals surface area contributed by atoms with Gasteiger partial charge in [0.15, 0.2) is 0 Å². The molecular formula is C19H21FN4O. The van der Waals surface area contributed by atoms with Gasteiger partial charge in [-0.05, 0) is 50.2 Å². The van der Waals surface area contributed by atoms with Crippen molar-refractivity contribution in [3.63, 3.8) is 0 Å². The molecule has 130 valence electrons. The van der Waals surface area contributed by atoms with Gasteiger partial charge < -0.3 is 9.73 Å². The maximum atomic E-state index is 13.9. The van der Waals surface area contributed by atoms with Crippen LogP contribution in [0.5, 0.6) is 0 Å². The summed E-state index contributed by atoms with van der Waals surface area (Å²) >= 11 is 0. The van der Waals surface area contributed by atoms with Gasteiger partial charge in [-0.3, -0.25) is 4.90 Å². The van der Waals surface area contributed by atoms with Crippen LogP contribution in [0.4, 0.5) is 10.2 Å². The Morgan fingerprint density at radius 2 is 2.00 bits per heavy atom. The van der Waals surface area contributed by atoms with Crippen LogP contribution in [0, 0.1) is 5.82 Å². The number of piperidine rings is 1. The molecule has 3 aromatic rings. The number of hydrogen-bond acceptors (Lipinski definition) is 5. The lowest BCUT2D eigenvalue weighted by Gasteiger charge is -2.33. The first-order chi connectivity index (χ1) is 12.3. The summed E-state index contributed by atoms with van der Waals surface area (Å²) in [5.74, 6) is 1.26. The van der Waals surface area contributed by atoms with Gasteiger partial charge in [0.2, 0.25) is 0 Å². The minimum absolute atomic E-state index is 0.133. The highest BCUT2D eigenvalue weighted by atomic mass is 19.1. The quantitative estimate of drug-likeness (QED) is 0.761. The number of nitrogens with one attached hydrogen (secondary N) is 1. The van der Waals surface area contributed by atoms with Crippen LogP contribution in [0.1, 0.15) is 31.1 Å². The van der Waals surface area contributed by atoms with Gasteiger partial charge in [-0.1, -0.05) is 12.5 Å². The average molecular weight is 340 g/mol. The topological polar surface area (TPSA) is 54.2 Å². The summed E-state index contributed by atoms with van der Waals surface area (Å²) < 4.78 is 19.6. The molecule has 0 spiro atoms. The van der Waals surface area contributed by atoms with E-state index < -0.39 is 0 Å². The van der Waals surface area contributed by atoms with Crippen molar-refractivity contribution in [2.24, 2.45) is 0 Å². The molecule has 6 heteroatoms. The molecule has 4 rings (SSSR count). The van der Waals surface area contributed by atoms with E-state index in [0.29, 0.717) is 23.3 Å². The van der Waals surface area contributed by atoms with E-state index in [9.17, 15) is 4.39 Å². The van der Waals surface area contributed by atoms with E-state index in [1.165, 1.54) is 31.7 Å². The zero-order chi connectivity index (χ0) is 17.1. The summed E-state index contributed by atoms with van der Waals surface area (Å²) in [6.07, 6.45) is 6.81. The fourth-order valence-corrected chi connectivity index (χ4v) is 3.51. The van der Waals surface area contributed by atoms with Crippen LogP contribution in [-0.4, -0.2) is 34.5 Å². The van der Waals surface area contributed by atoms with Gasteiger partial charge in [-0.15, -0.1) is 0 Å². The van der Waals surface area contributed by atoms with Crippen LogP contribution in [0.2, 0.25) is 0 Å². The van der Waals surface area contributed by atoms with E-state index in [0.717, 1.165) is 18.8 Å². The lowest BCUT2D eigenvalue weighted by atomic mass is 10.1. The molecule has 1 saturated heterocycles. The van der Waals surface area contributed by atoms with Crippen molar-refractivity contribution in [3.05, 3.63) is 54.5 Å². The van der Waals surface area contributed by atoms with Gasteiger partial charge in [-0.2, -0.15) is 0 Å². The normalized spacial score (nSPS) is 16.8. The van der Waals surface area contributed by atoms with Crippen LogP contribution in [-0.2, 0) is 0 Å². The molecule has 1 N–H and O–H groups in total. The molecule has 1 atom stereocenters. The van der Waals surface area contributed by atoms with Crippen molar-refractivity contribution >= 4 is 16.7 Å². The van der Waals surface area contributed by atoms with Gasteiger partial charge in [0.25, 0.3) is 0 Å². The summed E-state index contributed by atoms with van der Waals surface area (Å²) in [6.45, 7) is 2.77. The molecule has 0 aliphatic carbocycles. The highest BCUT2D eigenvalue weighted by molar-refractivity contribution is 5.89. The molecule has 1 aromatic carbocycles. The Hall–Kier alpha value is -2.47. The van der Waals surface area contributed by atoms with Gasteiger partial charge in [0, 0.05) is 11.9 Å². The standard InChI is InChI=1S/C19H21FN4O/c20-15-7-4-6-14-18(15)22-13-23-19(14)21-12-16(17-8-5-11-25-17)24-9-2-1-3-10-24/h4-8,11,13,16H,1-3,9-10,12H2,(H,21,22,23). The van der Waals surface area contributed by atoms with Gasteiger partial charge >= 0.3 is 0 Å². The predicted octanol–water partition coefficient (Wildman–Crippen LogP) is 4.00. The monoisotopic (exact) mass is 340 g/mol. The maximum Gasteiger partial charge on any atom is 0.149 e. The first kappa shape index (κ1) is 16.0. The number of furan rings is 1. The SMILES string of the molecule is Fc1cccc2c(NCC(c3ccco3)N3CCCCC3)ncnc12. The maximum absolute atomic E-state index is 13.9. The fourth-order valence-electron chi connectivity index (χ4n) is 3.51. The molecule has 5 nitrogen and oxygen atoms in total. The smallest absolute Gasteiger partial charge is 0.149 e. The second-order valence-electron chi connectivity index (χ2n) is 6.37. The number of rotatable bonds is 5. The van der Waals surface area contributed by atoms with E-state index in [2.05, 4.69) is 20.2 Å². The third-order valence-corrected chi connectivity index (χ3v) is 4.78. The van der Waals surface area contributed by atoms with Crippen LogP contribution < -0.4 is 5.32 Å². The molecule has 1 aliphatic heterocycles. The zero-order valence-corrected chi connectivity index (χ0v) is 14.0.